The molecule has 0 spiro atoms. The first-order valence-corrected chi connectivity index (χ1v) is 8.67. The van der Waals surface area contributed by atoms with E-state index in [9.17, 15) is 9.59 Å². The third-order valence-electron chi connectivity index (χ3n) is 4.18. The molecule has 3 rings (SSSR count). The Kier molecular flexibility index (Phi) is 4.47. The van der Waals surface area contributed by atoms with Crippen molar-refractivity contribution >= 4 is 22.6 Å². The maximum Gasteiger partial charge on any atom is 0.267 e. The third kappa shape index (κ3) is 3.28. The van der Waals surface area contributed by atoms with E-state index >= 15 is 0 Å². The highest BCUT2D eigenvalue weighted by molar-refractivity contribution is 5.97. The van der Waals surface area contributed by atoms with Gasteiger partial charge in [-0.05, 0) is 45.4 Å². The number of carbonyl (C=O) groups excluding carboxylic acids is 1. The molecule has 0 aliphatic rings. The maximum atomic E-state index is 13.1. The topological polar surface area (TPSA) is 92.2 Å². The molecular formula is C20H23N5O2. The standard InChI is InChI=1S/C20H23N5O2/c1-6-9-24-15(21)13(18(26)23-20(3,4)5)11-14-17(24)22-16-12(2)8-7-10-25(16)19(14)27/h6-8,10-11,21H,1,9H2,2-5H3,(H,23,26). The molecule has 0 saturated carbocycles. The first-order chi connectivity index (χ1) is 12.6. The summed E-state index contributed by atoms with van der Waals surface area (Å²) in [6, 6.07) is 5.11. The predicted octanol–water partition coefficient (Wildman–Crippen LogP) is 2.15. The summed E-state index contributed by atoms with van der Waals surface area (Å²) in [5.74, 6) is -0.402. The highest BCUT2D eigenvalue weighted by Gasteiger charge is 2.20. The first kappa shape index (κ1) is 18.6. The van der Waals surface area contributed by atoms with E-state index in [1.165, 1.54) is 15.0 Å². The van der Waals surface area contributed by atoms with E-state index in [0.29, 0.717) is 11.3 Å². The maximum absolute atomic E-state index is 13.1. The summed E-state index contributed by atoms with van der Waals surface area (Å²) in [6.45, 7) is 11.4. The number of fused-ring (bicyclic) bond motifs is 2. The summed E-state index contributed by atoms with van der Waals surface area (Å²) in [5.41, 5.74) is 1.13. The van der Waals surface area contributed by atoms with E-state index < -0.39 is 11.4 Å². The fourth-order valence-electron chi connectivity index (χ4n) is 2.98. The second-order valence-corrected chi connectivity index (χ2v) is 7.55. The molecule has 0 aromatic carbocycles. The number of amides is 1. The summed E-state index contributed by atoms with van der Waals surface area (Å²) >= 11 is 0. The molecule has 7 heteroatoms. The van der Waals surface area contributed by atoms with Crippen LogP contribution < -0.4 is 16.4 Å². The molecule has 3 aromatic rings. The van der Waals surface area contributed by atoms with Crippen LogP contribution in [0, 0.1) is 12.3 Å². The minimum atomic E-state index is -0.463. The number of hydrogen-bond acceptors (Lipinski definition) is 4. The van der Waals surface area contributed by atoms with E-state index in [0.717, 1.165) is 5.56 Å². The van der Waals surface area contributed by atoms with Crippen molar-refractivity contribution < 1.29 is 4.79 Å². The van der Waals surface area contributed by atoms with Gasteiger partial charge in [0.25, 0.3) is 11.5 Å². The number of aryl methyl sites for hydroxylation is 1. The van der Waals surface area contributed by atoms with Crippen LogP contribution in [-0.4, -0.2) is 25.4 Å². The van der Waals surface area contributed by atoms with Gasteiger partial charge in [-0.1, -0.05) is 12.1 Å². The Morgan fingerprint density at radius 1 is 1.37 bits per heavy atom. The van der Waals surface area contributed by atoms with Gasteiger partial charge in [-0.3, -0.25) is 19.4 Å². The average molecular weight is 365 g/mol. The molecule has 7 nitrogen and oxygen atoms in total. The number of hydrogen-bond donors (Lipinski definition) is 2. The molecule has 0 atom stereocenters. The highest BCUT2D eigenvalue weighted by Crippen LogP contribution is 2.13. The van der Waals surface area contributed by atoms with Crippen molar-refractivity contribution in [2.45, 2.75) is 39.8 Å². The Morgan fingerprint density at radius 3 is 2.70 bits per heavy atom. The Hall–Kier alpha value is -3.22. The van der Waals surface area contributed by atoms with Gasteiger partial charge in [0.2, 0.25) is 0 Å². The number of nitrogens with zero attached hydrogens (tertiary/aromatic N) is 3. The molecule has 3 aromatic heterocycles. The lowest BCUT2D eigenvalue weighted by atomic mass is 10.1. The SMILES string of the molecule is C=CCn1c(=N)c(C(=O)NC(C)(C)C)cc2c(=O)n3cccc(C)c3nc21. The number of nitrogens with one attached hydrogen (secondary N) is 2. The van der Waals surface area contributed by atoms with Gasteiger partial charge in [-0.2, -0.15) is 0 Å². The summed E-state index contributed by atoms with van der Waals surface area (Å²) in [7, 11) is 0. The largest absolute Gasteiger partial charge is 0.347 e. The van der Waals surface area contributed by atoms with Crippen LogP contribution in [0.1, 0.15) is 36.7 Å². The zero-order valence-electron chi connectivity index (χ0n) is 16.0. The van der Waals surface area contributed by atoms with Gasteiger partial charge >= 0.3 is 0 Å². The van der Waals surface area contributed by atoms with Crippen molar-refractivity contribution in [2.75, 3.05) is 0 Å². The van der Waals surface area contributed by atoms with Crippen molar-refractivity contribution in [2.24, 2.45) is 0 Å². The monoisotopic (exact) mass is 365 g/mol. The second-order valence-electron chi connectivity index (χ2n) is 7.55. The van der Waals surface area contributed by atoms with Gasteiger partial charge in [0.1, 0.15) is 16.8 Å². The van der Waals surface area contributed by atoms with Gasteiger partial charge in [-0.25, -0.2) is 4.98 Å². The molecule has 1 amide bonds. The van der Waals surface area contributed by atoms with Crippen molar-refractivity contribution in [3.63, 3.8) is 0 Å². The molecule has 0 fully saturated rings. The molecule has 2 N–H and O–H groups in total. The number of carbonyl (C=O) groups is 1. The number of rotatable bonds is 3. The van der Waals surface area contributed by atoms with Gasteiger partial charge in [0.05, 0.1) is 10.9 Å². The van der Waals surface area contributed by atoms with Crippen molar-refractivity contribution in [1.82, 2.24) is 19.3 Å². The summed E-state index contributed by atoms with van der Waals surface area (Å²) in [5, 5.41) is 11.6. The number of aromatic nitrogens is 3. The fraction of sp³-hybridized carbons (Fsp3) is 0.300. The number of allylic oxidation sites excluding steroid dienone is 1. The minimum absolute atomic E-state index is 0.00557. The molecular weight excluding hydrogens is 342 g/mol. The van der Waals surface area contributed by atoms with Gasteiger partial charge in [-0.15, -0.1) is 6.58 Å². The zero-order chi connectivity index (χ0) is 19.9. The van der Waals surface area contributed by atoms with Crippen LogP contribution in [0.4, 0.5) is 0 Å². The molecule has 140 valence electrons. The summed E-state index contributed by atoms with van der Waals surface area (Å²) in [6.07, 6.45) is 3.27. The average Bonchev–Trinajstić information content (AvgIpc) is 2.57. The van der Waals surface area contributed by atoms with Gasteiger partial charge < -0.3 is 9.88 Å². The van der Waals surface area contributed by atoms with E-state index in [2.05, 4.69) is 16.9 Å². The molecule has 0 aliphatic heterocycles. The normalized spacial score (nSPS) is 11.7. The molecule has 27 heavy (non-hydrogen) atoms. The molecule has 0 unspecified atom stereocenters. The van der Waals surface area contributed by atoms with E-state index in [-0.39, 0.29) is 28.5 Å². The highest BCUT2D eigenvalue weighted by atomic mass is 16.2. The van der Waals surface area contributed by atoms with Gasteiger partial charge in [0, 0.05) is 18.3 Å². The smallest absolute Gasteiger partial charge is 0.267 e. The van der Waals surface area contributed by atoms with Crippen LogP contribution in [0.2, 0.25) is 0 Å². The Morgan fingerprint density at radius 2 is 2.07 bits per heavy atom. The van der Waals surface area contributed by atoms with Gasteiger partial charge in [0.15, 0.2) is 0 Å². The lowest BCUT2D eigenvalue weighted by Gasteiger charge is -2.21. The molecule has 0 radical (unpaired) electrons. The van der Waals surface area contributed by atoms with E-state index in [1.807, 2.05) is 33.8 Å². The predicted molar refractivity (Wildman–Crippen MR) is 105 cm³/mol. The summed E-state index contributed by atoms with van der Waals surface area (Å²) < 4.78 is 3.00. The Balaban J connectivity index is 2.43. The Bertz CT molecular complexity index is 1200. The van der Waals surface area contributed by atoms with E-state index in [1.54, 1.807) is 18.3 Å². The lowest BCUT2D eigenvalue weighted by Crippen LogP contribution is -2.43. The van der Waals surface area contributed by atoms with Crippen LogP contribution in [0.5, 0.6) is 0 Å². The molecule has 0 saturated heterocycles. The second kappa shape index (κ2) is 6.50. The summed E-state index contributed by atoms with van der Waals surface area (Å²) in [4.78, 5) is 30.4. The molecule has 0 bridgehead atoms. The Labute approximate surface area is 156 Å². The number of pyridine rings is 2. The van der Waals surface area contributed by atoms with Crippen LogP contribution in [-0.2, 0) is 6.54 Å². The quantitative estimate of drug-likeness (QED) is 0.550. The van der Waals surface area contributed by atoms with Crippen molar-refractivity contribution in [3.8, 4) is 0 Å². The van der Waals surface area contributed by atoms with Crippen LogP contribution >= 0.6 is 0 Å². The molecule has 3 heterocycles. The third-order valence-corrected chi connectivity index (χ3v) is 4.18. The van der Waals surface area contributed by atoms with Crippen LogP contribution in [0.3, 0.4) is 0 Å². The van der Waals surface area contributed by atoms with Crippen LogP contribution in [0.25, 0.3) is 16.7 Å². The lowest BCUT2D eigenvalue weighted by molar-refractivity contribution is 0.0917. The van der Waals surface area contributed by atoms with Crippen molar-refractivity contribution in [1.29, 1.82) is 5.41 Å². The zero-order valence-corrected chi connectivity index (χ0v) is 16.0. The van der Waals surface area contributed by atoms with E-state index in [4.69, 9.17) is 5.41 Å². The van der Waals surface area contributed by atoms with Crippen molar-refractivity contribution in [3.05, 3.63) is 64.0 Å². The minimum Gasteiger partial charge on any atom is -0.347 e. The van der Waals surface area contributed by atoms with Crippen LogP contribution in [0.15, 0.2) is 41.8 Å². The molecule has 0 aliphatic carbocycles. The fourth-order valence-corrected chi connectivity index (χ4v) is 2.98. The first-order valence-electron chi connectivity index (χ1n) is 8.67.